The van der Waals surface area contributed by atoms with Gasteiger partial charge in [0.25, 0.3) is 0 Å². The minimum atomic E-state index is 0.238. The van der Waals surface area contributed by atoms with Crippen LogP contribution in [-0.2, 0) is 12.8 Å². The van der Waals surface area contributed by atoms with Gasteiger partial charge < -0.3 is 5.11 Å². The molecule has 1 atom stereocenters. The largest absolute Gasteiger partial charge is 0.396 e. The maximum Gasteiger partial charge on any atom is 0.0465 e. The van der Waals surface area contributed by atoms with E-state index in [0.717, 1.165) is 12.8 Å². The quantitative estimate of drug-likeness (QED) is 0.862. The summed E-state index contributed by atoms with van der Waals surface area (Å²) in [6.45, 7) is 4.51. The molecule has 1 N–H and O–H groups in total. The van der Waals surface area contributed by atoms with Crippen LogP contribution in [0, 0.1) is 19.8 Å². The van der Waals surface area contributed by atoms with E-state index in [0.29, 0.717) is 5.92 Å². The zero-order chi connectivity index (χ0) is 13.7. The Morgan fingerprint density at radius 1 is 0.947 bits per heavy atom. The van der Waals surface area contributed by atoms with Crippen LogP contribution in [-0.4, -0.2) is 11.7 Å². The third-order valence-corrected chi connectivity index (χ3v) is 3.63. The lowest BCUT2D eigenvalue weighted by atomic mass is 9.91. The molecule has 0 saturated carbocycles. The van der Waals surface area contributed by atoms with Crippen molar-refractivity contribution in [2.45, 2.75) is 26.7 Å². The van der Waals surface area contributed by atoms with Crippen LogP contribution < -0.4 is 0 Å². The molecule has 2 aromatic rings. The zero-order valence-electron chi connectivity index (χ0n) is 11.8. The van der Waals surface area contributed by atoms with Crippen LogP contribution in [0.5, 0.6) is 0 Å². The minimum absolute atomic E-state index is 0.238. The second-order valence-corrected chi connectivity index (χ2v) is 5.37. The molecule has 0 heterocycles. The first-order chi connectivity index (χ1) is 9.19. The third kappa shape index (κ3) is 3.93. The Kier molecular flexibility index (Phi) is 4.75. The molecule has 0 spiro atoms. The van der Waals surface area contributed by atoms with Crippen molar-refractivity contribution >= 4 is 0 Å². The lowest BCUT2D eigenvalue weighted by Gasteiger charge is -2.16. The van der Waals surface area contributed by atoms with Crippen LogP contribution in [0.4, 0.5) is 0 Å². The summed E-state index contributed by atoms with van der Waals surface area (Å²) in [5.74, 6) is 0.295. The Bertz CT molecular complexity index is 516. The maximum absolute atomic E-state index is 9.59. The number of aryl methyl sites for hydroxylation is 2. The van der Waals surface area contributed by atoms with Gasteiger partial charge in [-0.1, -0.05) is 54.1 Å². The van der Waals surface area contributed by atoms with Crippen LogP contribution in [0.25, 0.3) is 0 Å². The fourth-order valence-corrected chi connectivity index (χ4v) is 2.53. The molecule has 2 rings (SSSR count). The van der Waals surface area contributed by atoms with Crippen molar-refractivity contribution in [1.29, 1.82) is 0 Å². The lowest BCUT2D eigenvalue weighted by molar-refractivity contribution is 0.225. The molecular weight excluding hydrogens is 232 g/mol. The van der Waals surface area contributed by atoms with Crippen molar-refractivity contribution in [3.63, 3.8) is 0 Å². The van der Waals surface area contributed by atoms with E-state index in [2.05, 4.69) is 56.3 Å². The molecule has 19 heavy (non-hydrogen) atoms. The molecule has 1 nitrogen and oxygen atoms in total. The fourth-order valence-electron chi connectivity index (χ4n) is 2.53. The third-order valence-electron chi connectivity index (χ3n) is 3.63. The predicted octanol–water partition coefficient (Wildman–Crippen LogP) is 3.70. The van der Waals surface area contributed by atoms with Crippen molar-refractivity contribution in [1.82, 2.24) is 0 Å². The Balaban J connectivity index is 2.06. The Hall–Kier alpha value is -1.60. The van der Waals surface area contributed by atoms with E-state index in [-0.39, 0.29) is 6.61 Å². The Morgan fingerprint density at radius 2 is 1.68 bits per heavy atom. The van der Waals surface area contributed by atoms with Gasteiger partial charge in [0.1, 0.15) is 0 Å². The second kappa shape index (κ2) is 6.53. The highest BCUT2D eigenvalue weighted by Gasteiger charge is 2.11. The standard InChI is InChI=1S/C18H22O/c1-14-8-9-18(15(2)10-14)12-17(13-19)11-16-6-4-3-5-7-16/h3-10,17,19H,11-13H2,1-2H3. The molecule has 0 saturated heterocycles. The highest BCUT2D eigenvalue weighted by Crippen LogP contribution is 2.18. The van der Waals surface area contributed by atoms with Crippen LogP contribution >= 0.6 is 0 Å². The summed E-state index contributed by atoms with van der Waals surface area (Å²) in [7, 11) is 0. The Labute approximate surface area is 115 Å². The average Bonchev–Trinajstić information content (AvgIpc) is 2.42. The summed E-state index contributed by atoms with van der Waals surface area (Å²) in [5.41, 5.74) is 5.27. The smallest absolute Gasteiger partial charge is 0.0465 e. The molecule has 0 radical (unpaired) electrons. The van der Waals surface area contributed by atoms with Crippen molar-refractivity contribution in [2.24, 2.45) is 5.92 Å². The number of rotatable bonds is 5. The number of hydrogen-bond acceptors (Lipinski definition) is 1. The van der Waals surface area contributed by atoms with Gasteiger partial charge in [0.05, 0.1) is 0 Å². The first-order valence-corrected chi connectivity index (χ1v) is 6.90. The second-order valence-electron chi connectivity index (χ2n) is 5.37. The molecule has 100 valence electrons. The van der Waals surface area contributed by atoms with Crippen LogP contribution in [0.3, 0.4) is 0 Å². The maximum atomic E-state index is 9.59. The van der Waals surface area contributed by atoms with Crippen molar-refractivity contribution in [3.05, 3.63) is 70.8 Å². The first kappa shape index (κ1) is 13.8. The van der Waals surface area contributed by atoms with Gasteiger partial charge in [-0.3, -0.25) is 0 Å². The fraction of sp³-hybridized carbons (Fsp3) is 0.333. The van der Waals surface area contributed by atoms with E-state index >= 15 is 0 Å². The molecule has 0 aliphatic carbocycles. The van der Waals surface area contributed by atoms with Gasteiger partial charge in [0.15, 0.2) is 0 Å². The van der Waals surface area contributed by atoms with Gasteiger partial charge in [0, 0.05) is 6.61 Å². The molecule has 1 unspecified atom stereocenters. The van der Waals surface area contributed by atoms with Crippen molar-refractivity contribution in [2.75, 3.05) is 6.61 Å². The molecular formula is C18H22O. The van der Waals surface area contributed by atoms with Crippen LogP contribution in [0.1, 0.15) is 22.3 Å². The van der Waals surface area contributed by atoms with E-state index < -0.39 is 0 Å². The highest BCUT2D eigenvalue weighted by atomic mass is 16.3. The number of hydrogen-bond donors (Lipinski definition) is 1. The van der Waals surface area contributed by atoms with Crippen molar-refractivity contribution < 1.29 is 5.11 Å². The first-order valence-electron chi connectivity index (χ1n) is 6.90. The molecule has 2 aromatic carbocycles. The molecule has 0 amide bonds. The Morgan fingerprint density at radius 3 is 2.32 bits per heavy atom. The highest BCUT2D eigenvalue weighted by molar-refractivity contribution is 5.31. The van der Waals surface area contributed by atoms with E-state index in [4.69, 9.17) is 0 Å². The van der Waals surface area contributed by atoms with Gasteiger partial charge in [-0.05, 0) is 49.3 Å². The van der Waals surface area contributed by atoms with Gasteiger partial charge in [0.2, 0.25) is 0 Å². The van der Waals surface area contributed by atoms with Crippen LogP contribution in [0.15, 0.2) is 48.5 Å². The SMILES string of the molecule is Cc1ccc(CC(CO)Cc2ccccc2)c(C)c1. The van der Waals surface area contributed by atoms with Crippen LogP contribution in [0.2, 0.25) is 0 Å². The summed E-state index contributed by atoms with van der Waals surface area (Å²) in [6, 6.07) is 17.0. The topological polar surface area (TPSA) is 20.2 Å². The van der Waals surface area contributed by atoms with Gasteiger partial charge in [-0.2, -0.15) is 0 Å². The molecule has 0 aliphatic heterocycles. The summed E-state index contributed by atoms with van der Waals surface area (Å²) in [5, 5.41) is 9.59. The summed E-state index contributed by atoms with van der Waals surface area (Å²) < 4.78 is 0. The number of aliphatic hydroxyl groups is 1. The van der Waals surface area contributed by atoms with E-state index in [9.17, 15) is 5.11 Å². The number of benzene rings is 2. The minimum Gasteiger partial charge on any atom is -0.396 e. The summed E-state index contributed by atoms with van der Waals surface area (Å²) >= 11 is 0. The van der Waals surface area contributed by atoms with Gasteiger partial charge in [-0.15, -0.1) is 0 Å². The summed E-state index contributed by atoms with van der Waals surface area (Å²) in [6.07, 6.45) is 1.88. The van der Waals surface area contributed by atoms with Gasteiger partial charge >= 0.3 is 0 Å². The molecule has 0 bridgehead atoms. The van der Waals surface area contributed by atoms with E-state index in [1.54, 1.807) is 0 Å². The number of aliphatic hydroxyl groups excluding tert-OH is 1. The average molecular weight is 254 g/mol. The van der Waals surface area contributed by atoms with Crippen molar-refractivity contribution in [3.8, 4) is 0 Å². The molecule has 0 aliphatic rings. The lowest BCUT2D eigenvalue weighted by Crippen LogP contribution is -2.13. The normalized spacial score (nSPS) is 12.4. The monoisotopic (exact) mass is 254 g/mol. The zero-order valence-corrected chi connectivity index (χ0v) is 11.8. The molecule has 0 aromatic heterocycles. The van der Waals surface area contributed by atoms with E-state index in [1.807, 2.05) is 6.07 Å². The predicted molar refractivity (Wildman–Crippen MR) is 80.3 cm³/mol. The molecule has 1 heteroatoms. The van der Waals surface area contributed by atoms with E-state index in [1.165, 1.54) is 22.3 Å². The summed E-state index contributed by atoms with van der Waals surface area (Å²) in [4.78, 5) is 0. The van der Waals surface area contributed by atoms with Gasteiger partial charge in [-0.25, -0.2) is 0 Å². The molecule has 0 fully saturated rings.